The van der Waals surface area contributed by atoms with Gasteiger partial charge in [-0.15, -0.1) is 0 Å². The summed E-state index contributed by atoms with van der Waals surface area (Å²) in [7, 11) is -1.80. The largest absolute Gasteiger partial charge is 0.497 e. The van der Waals surface area contributed by atoms with Gasteiger partial charge in [-0.05, 0) is 42.5 Å². The third kappa shape index (κ3) is 4.89. The zero-order valence-corrected chi connectivity index (χ0v) is 16.5. The second-order valence-corrected chi connectivity index (χ2v) is 9.33. The Hall–Kier alpha value is -1.89. The number of aliphatic hydroxyl groups is 1. The number of nitrogens with zero attached hydrogens (tertiary/aromatic N) is 1. The van der Waals surface area contributed by atoms with Crippen LogP contribution in [0, 0.1) is 5.41 Å². The van der Waals surface area contributed by atoms with Crippen LogP contribution in [0.15, 0.2) is 54.6 Å². The van der Waals surface area contributed by atoms with Crippen LogP contribution in [0.2, 0.25) is 0 Å². The Morgan fingerprint density at radius 3 is 2.56 bits per heavy atom. The van der Waals surface area contributed by atoms with Crippen LogP contribution in [0.3, 0.4) is 0 Å². The maximum absolute atomic E-state index is 12.9. The second-order valence-electron chi connectivity index (χ2n) is 7.37. The molecule has 5 nitrogen and oxygen atoms in total. The van der Waals surface area contributed by atoms with Crippen LogP contribution in [0.5, 0.6) is 5.75 Å². The monoisotopic (exact) mass is 389 g/mol. The van der Waals surface area contributed by atoms with Gasteiger partial charge < -0.3 is 9.84 Å². The Morgan fingerprint density at radius 1 is 1.11 bits per heavy atom. The first-order valence-corrected chi connectivity index (χ1v) is 10.8. The number of piperidine rings is 1. The van der Waals surface area contributed by atoms with Gasteiger partial charge in [0.25, 0.3) is 0 Å². The van der Waals surface area contributed by atoms with Crippen molar-refractivity contribution in [3.63, 3.8) is 0 Å². The molecule has 1 unspecified atom stereocenters. The lowest BCUT2D eigenvalue weighted by atomic mass is 9.76. The molecule has 1 atom stereocenters. The molecule has 1 fully saturated rings. The van der Waals surface area contributed by atoms with Crippen LogP contribution in [-0.4, -0.2) is 44.6 Å². The number of methoxy groups -OCH3 is 1. The van der Waals surface area contributed by atoms with Gasteiger partial charge in [-0.25, -0.2) is 12.7 Å². The Kier molecular flexibility index (Phi) is 6.19. The minimum absolute atomic E-state index is 0.00545. The van der Waals surface area contributed by atoms with Gasteiger partial charge in [-0.1, -0.05) is 42.5 Å². The molecule has 3 rings (SSSR count). The second kappa shape index (κ2) is 8.42. The van der Waals surface area contributed by atoms with E-state index in [0.717, 1.165) is 29.7 Å². The summed E-state index contributed by atoms with van der Waals surface area (Å²) < 4.78 is 32.7. The van der Waals surface area contributed by atoms with Crippen molar-refractivity contribution in [1.29, 1.82) is 0 Å². The molecule has 1 aliphatic rings. The highest BCUT2D eigenvalue weighted by molar-refractivity contribution is 7.88. The van der Waals surface area contributed by atoms with E-state index in [-0.39, 0.29) is 12.4 Å². The molecule has 27 heavy (non-hydrogen) atoms. The fourth-order valence-electron chi connectivity index (χ4n) is 3.82. The minimum Gasteiger partial charge on any atom is -0.497 e. The molecule has 6 heteroatoms. The third-order valence-electron chi connectivity index (χ3n) is 5.26. The van der Waals surface area contributed by atoms with Gasteiger partial charge in [-0.3, -0.25) is 0 Å². The summed E-state index contributed by atoms with van der Waals surface area (Å²) in [5, 5.41) is 10.1. The quantitative estimate of drug-likeness (QED) is 0.791. The minimum atomic E-state index is -3.43. The summed E-state index contributed by atoms with van der Waals surface area (Å²) in [5.74, 6) is 0.763. The summed E-state index contributed by atoms with van der Waals surface area (Å²) in [6.45, 7) is 0.812. The fourth-order valence-corrected chi connectivity index (χ4v) is 5.49. The summed E-state index contributed by atoms with van der Waals surface area (Å²) in [6.07, 6.45) is 2.18. The zero-order chi connectivity index (χ0) is 19.3. The van der Waals surface area contributed by atoms with Gasteiger partial charge in [-0.2, -0.15) is 0 Å². The van der Waals surface area contributed by atoms with Crippen LogP contribution in [-0.2, 0) is 22.2 Å². The summed E-state index contributed by atoms with van der Waals surface area (Å²) in [5.41, 5.74) is 1.37. The Balaban J connectivity index is 1.77. The molecule has 1 N–H and O–H groups in total. The van der Waals surface area contributed by atoms with Crippen molar-refractivity contribution in [2.45, 2.75) is 25.0 Å². The molecule has 1 heterocycles. The highest BCUT2D eigenvalue weighted by Gasteiger charge is 2.39. The first kappa shape index (κ1) is 19.9. The lowest BCUT2D eigenvalue weighted by molar-refractivity contribution is 0.0644. The van der Waals surface area contributed by atoms with E-state index >= 15 is 0 Å². The maximum atomic E-state index is 12.9. The number of aliphatic hydroxyl groups excluding tert-OH is 1. The highest BCUT2D eigenvalue weighted by atomic mass is 32.2. The van der Waals surface area contributed by atoms with E-state index in [4.69, 9.17) is 4.74 Å². The van der Waals surface area contributed by atoms with Crippen LogP contribution in [0.25, 0.3) is 0 Å². The van der Waals surface area contributed by atoms with Gasteiger partial charge in [0.05, 0.1) is 19.5 Å². The summed E-state index contributed by atoms with van der Waals surface area (Å²) in [6, 6.07) is 17.0. The lowest BCUT2D eigenvalue weighted by Gasteiger charge is -2.41. The number of rotatable bonds is 7. The number of hydrogen-bond donors (Lipinski definition) is 1. The Morgan fingerprint density at radius 2 is 1.85 bits per heavy atom. The van der Waals surface area contributed by atoms with E-state index in [1.807, 2.05) is 54.6 Å². The molecule has 0 amide bonds. The van der Waals surface area contributed by atoms with Crippen molar-refractivity contribution in [3.05, 3.63) is 65.7 Å². The van der Waals surface area contributed by atoms with Crippen molar-refractivity contribution in [2.75, 3.05) is 26.8 Å². The molecule has 0 aliphatic carbocycles. The molecule has 1 saturated heterocycles. The van der Waals surface area contributed by atoms with E-state index in [1.54, 1.807) is 11.4 Å². The standard InChI is InChI=1S/C21H27NO4S/c1-26-20-10-5-9-19(13-20)14-21(17-23)11-6-12-22(16-21)27(24,25)15-18-7-3-2-4-8-18/h2-5,7-10,13,23H,6,11-12,14-17H2,1H3. The first-order valence-electron chi connectivity index (χ1n) is 9.22. The SMILES string of the molecule is COc1cccc(CC2(CO)CCCN(S(=O)(=O)Cc3ccccc3)C2)c1. The van der Waals surface area contributed by atoms with Crippen molar-refractivity contribution >= 4 is 10.0 Å². The molecule has 0 radical (unpaired) electrons. The summed E-state index contributed by atoms with van der Waals surface area (Å²) >= 11 is 0. The number of sulfonamides is 1. The molecular weight excluding hydrogens is 362 g/mol. The van der Waals surface area contributed by atoms with E-state index in [1.165, 1.54) is 0 Å². The van der Waals surface area contributed by atoms with Crippen LogP contribution in [0.1, 0.15) is 24.0 Å². The first-order chi connectivity index (χ1) is 13.0. The molecular formula is C21H27NO4S. The van der Waals surface area contributed by atoms with Crippen LogP contribution >= 0.6 is 0 Å². The smallest absolute Gasteiger partial charge is 0.218 e. The topological polar surface area (TPSA) is 66.8 Å². The lowest BCUT2D eigenvalue weighted by Crippen LogP contribution is -2.49. The fraction of sp³-hybridized carbons (Fsp3) is 0.429. The van der Waals surface area contributed by atoms with E-state index in [2.05, 4.69) is 0 Å². The molecule has 0 saturated carbocycles. The third-order valence-corrected chi connectivity index (χ3v) is 7.06. The maximum Gasteiger partial charge on any atom is 0.218 e. The van der Waals surface area contributed by atoms with Crippen LogP contribution in [0.4, 0.5) is 0 Å². The van der Waals surface area contributed by atoms with Crippen molar-refractivity contribution in [3.8, 4) is 5.75 Å². The predicted octanol–water partition coefficient (Wildman–Crippen LogP) is 2.84. The Bertz CT molecular complexity index is 853. The normalized spacial score (nSPS) is 21.1. The number of hydrogen-bond acceptors (Lipinski definition) is 4. The Labute approximate surface area is 161 Å². The average Bonchev–Trinajstić information content (AvgIpc) is 2.69. The molecule has 0 bridgehead atoms. The van der Waals surface area contributed by atoms with Gasteiger partial charge in [0, 0.05) is 18.5 Å². The van der Waals surface area contributed by atoms with Gasteiger partial charge in [0.1, 0.15) is 5.75 Å². The van der Waals surface area contributed by atoms with Crippen molar-refractivity contribution < 1.29 is 18.3 Å². The van der Waals surface area contributed by atoms with E-state index < -0.39 is 15.4 Å². The number of benzene rings is 2. The van der Waals surface area contributed by atoms with Gasteiger partial charge in [0.2, 0.25) is 10.0 Å². The molecule has 1 aliphatic heterocycles. The molecule has 146 valence electrons. The van der Waals surface area contributed by atoms with E-state index in [9.17, 15) is 13.5 Å². The van der Waals surface area contributed by atoms with Crippen molar-refractivity contribution in [1.82, 2.24) is 4.31 Å². The van der Waals surface area contributed by atoms with E-state index in [0.29, 0.717) is 19.5 Å². The van der Waals surface area contributed by atoms with Gasteiger partial charge >= 0.3 is 0 Å². The highest BCUT2D eigenvalue weighted by Crippen LogP contribution is 2.35. The summed E-state index contributed by atoms with van der Waals surface area (Å²) in [4.78, 5) is 0. The molecule has 2 aromatic rings. The van der Waals surface area contributed by atoms with Crippen LogP contribution < -0.4 is 4.74 Å². The molecule has 0 aromatic heterocycles. The predicted molar refractivity (Wildman–Crippen MR) is 106 cm³/mol. The van der Waals surface area contributed by atoms with Crippen molar-refractivity contribution in [2.24, 2.45) is 5.41 Å². The zero-order valence-electron chi connectivity index (χ0n) is 15.7. The molecule has 2 aromatic carbocycles. The van der Waals surface area contributed by atoms with Gasteiger partial charge in [0.15, 0.2) is 0 Å². The molecule has 0 spiro atoms. The average molecular weight is 390 g/mol. The number of ether oxygens (including phenoxy) is 1.